The van der Waals surface area contributed by atoms with E-state index in [9.17, 15) is 0 Å². The number of fused-ring (bicyclic) bond motifs is 3. The SMILES string of the molecule is CC(C)Cc1cccc(Cc2ccc3c(c2)c2ccccc2n3-c2ccccc2)c1. The maximum atomic E-state index is 2.38. The largest absolute Gasteiger partial charge is 0.309 e. The highest BCUT2D eigenvalue weighted by molar-refractivity contribution is 6.09. The molecule has 0 bridgehead atoms. The number of aromatic nitrogens is 1. The maximum Gasteiger partial charge on any atom is 0.0541 e. The zero-order valence-electron chi connectivity index (χ0n) is 17.7. The molecule has 148 valence electrons. The van der Waals surface area contributed by atoms with Crippen LogP contribution in [0.15, 0.2) is 97.1 Å². The van der Waals surface area contributed by atoms with Gasteiger partial charge in [-0.05, 0) is 65.8 Å². The van der Waals surface area contributed by atoms with E-state index in [2.05, 4.69) is 115 Å². The molecular weight excluding hydrogens is 362 g/mol. The number of hydrogen-bond donors (Lipinski definition) is 0. The first kappa shape index (κ1) is 18.7. The molecule has 0 amide bonds. The molecule has 0 aliphatic carbocycles. The Balaban J connectivity index is 1.59. The van der Waals surface area contributed by atoms with E-state index in [1.54, 1.807) is 0 Å². The van der Waals surface area contributed by atoms with E-state index in [0.29, 0.717) is 5.92 Å². The van der Waals surface area contributed by atoms with Gasteiger partial charge in [0, 0.05) is 16.5 Å². The van der Waals surface area contributed by atoms with Crippen molar-refractivity contribution in [1.29, 1.82) is 0 Å². The summed E-state index contributed by atoms with van der Waals surface area (Å²) in [5.74, 6) is 0.681. The minimum Gasteiger partial charge on any atom is -0.309 e. The van der Waals surface area contributed by atoms with E-state index in [0.717, 1.165) is 12.8 Å². The summed E-state index contributed by atoms with van der Waals surface area (Å²) in [6.07, 6.45) is 2.10. The lowest BCUT2D eigenvalue weighted by Gasteiger charge is -2.09. The summed E-state index contributed by atoms with van der Waals surface area (Å²) in [5, 5.41) is 2.64. The quantitative estimate of drug-likeness (QED) is 0.292. The molecule has 1 nitrogen and oxygen atoms in total. The van der Waals surface area contributed by atoms with Crippen molar-refractivity contribution >= 4 is 21.8 Å². The molecule has 0 unspecified atom stereocenters. The molecule has 0 spiro atoms. The number of rotatable bonds is 5. The molecule has 0 N–H and O–H groups in total. The average molecular weight is 390 g/mol. The summed E-state index contributed by atoms with van der Waals surface area (Å²) in [5.41, 5.74) is 7.91. The number of benzene rings is 4. The minimum absolute atomic E-state index is 0.681. The molecule has 0 saturated heterocycles. The second-order valence-corrected chi connectivity index (χ2v) is 8.63. The molecule has 0 radical (unpaired) electrons. The van der Waals surface area contributed by atoms with Gasteiger partial charge in [-0.15, -0.1) is 0 Å². The van der Waals surface area contributed by atoms with Crippen molar-refractivity contribution in [3.8, 4) is 5.69 Å². The highest BCUT2D eigenvalue weighted by atomic mass is 15.0. The van der Waals surface area contributed by atoms with Crippen LogP contribution >= 0.6 is 0 Å². The molecule has 1 heterocycles. The molecule has 5 rings (SSSR count). The van der Waals surface area contributed by atoms with Gasteiger partial charge in [-0.1, -0.05) is 80.6 Å². The van der Waals surface area contributed by atoms with Crippen LogP contribution in [0.1, 0.15) is 30.5 Å². The van der Waals surface area contributed by atoms with Crippen molar-refractivity contribution in [2.75, 3.05) is 0 Å². The molecule has 4 aromatic carbocycles. The van der Waals surface area contributed by atoms with Crippen LogP contribution < -0.4 is 0 Å². The highest BCUT2D eigenvalue weighted by Gasteiger charge is 2.12. The Bertz CT molecular complexity index is 1310. The fourth-order valence-corrected chi connectivity index (χ4v) is 4.56. The predicted octanol–water partition coefficient (Wildman–Crippen LogP) is 7.57. The van der Waals surface area contributed by atoms with Gasteiger partial charge in [0.05, 0.1) is 11.0 Å². The second kappa shape index (κ2) is 7.84. The van der Waals surface area contributed by atoms with Crippen LogP contribution in [-0.2, 0) is 12.8 Å². The van der Waals surface area contributed by atoms with Crippen molar-refractivity contribution in [3.05, 3.63) is 114 Å². The Hall–Kier alpha value is -3.32. The summed E-state index contributed by atoms with van der Waals surface area (Å²) in [7, 11) is 0. The van der Waals surface area contributed by atoms with Gasteiger partial charge in [0.25, 0.3) is 0 Å². The monoisotopic (exact) mass is 389 g/mol. The molecule has 0 saturated carbocycles. The van der Waals surface area contributed by atoms with Crippen LogP contribution in [0.2, 0.25) is 0 Å². The third-order valence-corrected chi connectivity index (χ3v) is 5.79. The van der Waals surface area contributed by atoms with Gasteiger partial charge in [0.15, 0.2) is 0 Å². The first-order valence-corrected chi connectivity index (χ1v) is 10.8. The van der Waals surface area contributed by atoms with Crippen LogP contribution in [0.25, 0.3) is 27.5 Å². The first-order chi connectivity index (χ1) is 14.7. The summed E-state index contributed by atoms with van der Waals surface area (Å²) in [6.45, 7) is 4.56. The van der Waals surface area contributed by atoms with Crippen molar-refractivity contribution in [2.45, 2.75) is 26.7 Å². The molecule has 1 heteroatoms. The van der Waals surface area contributed by atoms with Gasteiger partial charge >= 0.3 is 0 Å². The van der Waals surface area contributed by atoms with Gasteiger partial charge < -0.3 is 4.57 Å². The van der Waals surface area contributed by atoms with Crippen LogP contribution in [0.5, 0.6) is 0 Å². The maximum absolute atomic E-state index is 2.38. The minimum atomic E-state index is 0.681. The van der Waals surface area contributed by atoms with Gasteiger partial charge in [-0.25, -0.2) is 0 Å². The molecule has 5 aromatic rings. The molecule has 0 aliphatic rings. The lowest BCUT2D eigenvalue weighted by Crippen LogP contribution is -1.96. The van der Waals surface area contributed by atoms with E-state index < -0.39 is 0 Å². The Morgan fingerprint density at radius 3 is 2.13 bits per heavy atom. The standard InChI is InChI=1S/C29H27N/c1-21(2)17-22-9-8-10-23(18-22)19-24-15-16-29-27(20-24)26-13-6-7-14-28(26)30(29)25-11-4-3-5-12-25/h3-16,18,20-21H,17,19H2,1-2H3. The van der Waals surface area contributed by atoms with Gasteiger partial charge in [-0.3, -0.25) is 0 Å². The third-order valence-electron chi connectivity index (χ3n) is 5.79. The van der Waals surface area contributed by atoms with Crippen LogP contribution in [-0.4, -0.2) is 4.57 Å². The number of hydrogen-bond acceptors (Lipinski definition) is 0. The van der Waals surface area contributed by atoms with E-state index >= 15 is 0 Å². The van der Waals surface area contributed by atoms with Gasteiger partial charge in [0.1, 0.15) is 0 Å². The Morgan fingerprint density at radius 1 is 0.600 bits per heavy atom. The van der Waals surface area contributed by atoms with Gasteiger partial charge in [-0.2, -0.15) is 0 Å². The van der Waals surface area contributed by atoms with Gasteiger partial charge in [0.2, 0.25) is 0 Å². The Morgan fingerprint density at radius 2 is 1.30 bits per heavy atom. The van der Waals surface area contributed by atoms with Crippen molar-refractivity contribution in [1.82, 2.24) is 4.57 Å². The molecule has 0 atom stereocenters. The van der Waals surface area contributed by atoms with E-state index in [-0.39, 0.29) is 0 Å². The molecule has 0 fully saturated rings. The lowest BCUT2D eigenvalue weighted by atomic mass is 9.97. The predicted molar refractivity (Wildman–Crippen MR) is 129 cm³/mol. The normalized spacial score (nSPS) is 11.6. The Kier molecular flexibility index (Phi) is 4.88. The van der Waals surface area contributed by atoms with Crippen molar-refractivity contribution in [3.63, 3.8) is 0 Å². The smallest absolute Gasteiger partial charge is 0.0541 e. The zero-order valence-corrected chi connectivity index (χ0v) is 17.7. The Labute approximate surface area is 178 Å². The zero-order chi connectivity index (χ0) is 20.5. The third kappa shape index (κ3) is 3.52. The fraction of sp³-hybridized carbons (Fsp3) is 0.172. The molecular formula is C29H27N. The van der Waals surface area contributed by atoms with E-state index in [4.69, 9.17) is 0 Å². The summed E-state index contributed by atoms with van der Waals surface area (Å²) in [4.78, 5) is 0. The second-order valence-electron chi connectivity index (χ2n) is 8.63. The van der Waals surface area contributed by atoms with Crippen LogP contribution in [0, 0.1) is 5.92 Å². The lowest BCUT2D eigenvalue weighted by molar-refractivity contribution is 0.647. The highest BCUT2D eigenvalue weighted by Crippen LogP contribution is 2.33. The molecule has 0 aliphatic heterocycles. The first-order valence-electron chi connectivity index (χ1n) is 10.8. The summed E-state index contributed by atoms with van der Waals surface area (Å²) in [6, 6.07) is 35.4. The van der Waals surface area contributed by atoms with Crippen molar-refractivity contribution < 1.29 is 0 Å². The fourth-order valence-electron chi connectivity index (χ4n) is 4.56. The topological polar surface area (TPSA) is 4.93 Å². The number of para-hydroxylation sites is 2. The molecule has 30 heavy (non-hydrogen) atoms. The van der Waals surface area contributed by atoms with E-state index in [1.165, 1.54) is 44.2 Å². The van der Waals surface area contributed by atoms with E-state index in [1.807, 2.05) is 0 Å². The number of nitrogens with zero attached hydrogens (tertiary/aromatic N) is 1. The van der Waals surface area contributed by atoms with Crippen molar-refractivity contribution in [2.24, 2.45) is 5.92 Å². The van der Waals surface area contributed by atoms with Crippen LogP contribution in [0.4, 0.5) is 0 Å². The van der Waals surface area contributed by atoms with Crippen LogP contribution in [0.3, 0.4) is 0 Å². The summed E-state index contributed by atoms with van der Waals surface area (Å²) >= 11 is 0. The molecule has 1 aromatic heterocycles. The average Bonchev–Trinajstić information content (AvgIpc) is 3.08. The summed E-state index contributed by atoms with van der Waals surface area (Å²) < 4.78 is 2.37.